The molecule has 1 aromatic carbocycles. The number of hydrogen-bond donors (Lipinski definition) is 0. The number of methoxy groups -OCH3 is 1. The van der Waals surface area contributed by atoms with Gasteiger partial charge in [0.1, 0.15) is 5.60 Å². The zero-order chi connectivity index (χ0) is 26.6. The molecule has 4 rings (SSSR count). The number of aryl methyl sites for hydroxylation is 1. The molecule has 1 saturated carbocycles. The maximum absolute atomic E-state index is 13.4. The van der Waals surface area contributed by atoms with E-state index in [0.717, 1.165) is 30.5 Å². The molecule has 2 aliphatic heterocycles. The highest BCUT2D eigenvalue weighted by atomic mass is 16.6. The Morgan fingerprint density at radius 3 is 2.43 bits per heavy atom. The molecule has 6 heteroatoms. The second kappa shape index (κ2) is 11.8. The van der Waals surface area contributed by atoms with Crippen LogP contribution in [0.25, 0.3) is 0 Å². The fourth-order valence-corrected chi connectivity index (χ4v) is 7.29. The zero-order valence-corrected chi connectivity index (χ0v) is 23.7. The third-order valence-corrected chi connectivity index (χ3v) is 9.44. The van der Waals surface area contributed by atoms with Gasteiger partial charge in [0.15, 0.2) is 23.4 Å². The van der Waals surface area contributed by atoms with Crippen LogP contribution in [0.5, 0.6) is 11.5 Å². The normalized spacial score (nSPS) is 28.7. The molecule has 37 heavy (non-hydrogen) atoms. The number of unbranched alkanes of at least 4 members (excludes halogenated alkanes) is 8. The van der Waals surface area contributed by atoms with Crippen LogP contribution in [0.4, 0.5) is 0 Å². The van der Waals surface area contributed by atoms with Crippen molar-refractivity contribution in [3.63, 3.8) is 0 Å². The van der Waals surface area contributed by atoms with Gasteiger partial charge < -0.3 is 14.2 Å². The van der Waals surface area contributed by atoms with Gasteiger partial charge in [0.2, 0.25) is 0 Å². The number of carbonyl (C=O) groups is 2. The van der Waals surface area contributed by atoms with Gasteiger partial charge in [-0.05, 0) is 58.3 Å². The molecule has 0 amide bonds. The minimum atomic E-state index is -0.822. The second-order valence-electron chi connectivity index (χ2n) is 11.6. The van der Waals surface area contributed by atoms with Crippen LogP contribution in [-0.4, -0.2) is 55.1 Å². The number of nitrogens with zero attached hydrogens (tertiary/aromatic N) is 1. The van der Waals surface area contributed by atoms with Crippen LogP contribution in [0.1, 0.15) is 108 Å². The summed E-state index contributed by atoms with van der Waals surface area (Å²) in [5.41, 5.74) is 0.540. The van der Waals surface area contributed by atoms with E-state index in [0.29, 0.717) is 37.2 Å². The van der Waals surface area contributed by atoms with Crippen LogP contribution in [0.15, 0.2) is 12.1 Å². The molecule has 1 saturated heterocycles. The number of fused-ring (bicyclic) bond motifs is 1. The van der Waals surface area contributed by atoms with E-state index in [-0.39, 0.29) is 17.8 Å². The van der Waals surface area contributed by atoms with Crippen molar-refractivity contribution in [1.29, 1.82) is 0 Å². The fraction of sp³-hybridized carbons (Fsp3) is 0.742. The number of hydrogen-bond acceptors (Lipinski definition) is 6. The molecule has 0 bridgehead atoms. The molecule has 0 N–H and O–H groups in total. The van der Waals surface area contributed by atoms with Gasteiger partial charge in [-0.25, -0.2) is 0 Å². The predicted molar refractivity (Wildman–Crippen MR) is 145 cm³/mol. The highest BCUT2D eigenvalue weighted by Crippen LogP contribution is 2.63. The second-order valence-corrected chi connectivity index (χ2v) is 11.6. The molecular formula is C31H47NO5. The summed E-state index contributed by atoms with van der Waals surface area (Å²) in [5.74, 6) is 1.24. The van der Waals surface area contributed by atoms with Crippen LogP contribution in [0, 0.1) is 6.92 Å². The number of carbonyl (C=O) groups excluding carboxylic acids is 2. The Balaban J connectivity index is 1.54. The number of likely N-dealkylation sites (N-methyl/N-ethyl adjacent to an activating group) is 1. The molecule has 1 aromatic rings. The van der Waals surface area contributed by atoms with Gasteiger partial charge in [0.25, 0.3) is 0 Å². The van der Waals surface area contributed by atoms with Crippen LogP contribution in [0.3, 0.4) is 0 Å². The maximum Gasteiger partial charge on any atom is 0.306 e. The van der Waals surface area contributed by atoms with E-state index in [1.54, 1.807) is 7.11 Å². The molecule has 3 unspecified atom stereocenters. The van der Waals surface area contributed by atoms with Crippen molar-refractivity contribution < 1.29 is 23.8 Å². The number of piperidine rings is 1. The summed E-state index contributed by atoms with van der Waals surface area (Å²) in [7, 11) is 3.72. The van der Waals surface area contributed by atoms with Crippen LogP contribution in [0.2, 0.25) is 0 Å². The van der Waals surface area contributed by atoms with Gasteiger partial charge >= 0.3 is 5.97 Å². The maximum atomic E-state index is 13.4. The first kappa shape index (κ1) is 27.9. The quantitative estimate of drug-likeness (QED) is 0.242. The monoisotopic (exact) mass is 513 g/mol. The van der Waals surface area contributed by atoms with Crippen LogP contribution >= 0.6 is 0 Å². The molecule has 2 heterocycles. The van der Waals surface area contributed by atoms with E-state index in [9.17, 15) is 9.59 Å². The third kappa shape index (κ3) is 4.91. The Kier molecular flexibility index (Phi) is 8.88. The summed E-state index contributed by atoms with van der Waals surface area (Å²) in [6.07, 6.45) is 12.2. The topological polar surface area (TPSA) is 65.1 Å². The Bertz CT molecular complexity index is 977. The van der Waals surface area contributed by atoms with Crippen molar-refractivity contribution in [3.05, 3.63) is 23.3 Å². The zero-order valence-electron chi connectivity index (χ0n) is 23.7. The Morgan fingerprint density at radius 1 is 1.08 bits per heavy atom. The van der Waals surface area contributed by atoms with Crippen molar-refractivity contribution in [2.45, 2.75) is 127 Å². The molecule has 1 aliphatic carbocycles. The molecular weight excluding hydrogens is 466 g/mol. The minimum Gasteiger partial charge on any atom is -0.493 e. The number of rotatable bonds is 12. The number of likely N-dealkylation sites (tertiary alicyclic amines) is 1. The summed E-state index contributed by atoms with van der Waals surface area (Å²) in [4.78, 5) is 29.0. The fourth-order valence-electron chi connectivity index (χ4n) is 7.29. The first-order chi connectivity index (χ1) is 17.8. The summed E-state index contributed by atoms with van der Waals surface area (Å²) in [5, 5.41) is 0. The molecule has 1 spiro atoms. The molecule has 4 atom stereocenters. The van der Waals surface area contributed by atoms with Gasteiger partial charge in [-0.3, -0.25) is 14.5 Å². The summed E-state index contributed by atoms with van der Waals surface area (Å²) in [6, 6.07) is 3.90. The molecule has 2 fully saturated rings. The number of ether oxygens (including phenoxy) is 3. The van der Waals surface area contributed by atoms with E-state index in [2.05, 4.69) is 32.7 Å². The standard InChI is InChI=1S/C31H47NO5/c1-6-7-8-9-10-11-12-13-14-15-26(34)37-31-19-18-24(33)29-30(31,20-21-32(4)23(31)3)27-22(2)16-17-25(35-5)28(27)36-29/h16-17,23,29H,6-15,18-21H2,1-5H3/t23?,29-,30?,31?/m0/s1. The highest BCUT2D eigenvalue weighted by Gasteiger charge is 2.72. The Hall–Kier alpha value is -2.08. The van der Waals surface area contributed by atoms with Crippen LogP contribution in [-0.2, 0) is 19.7 Å². The van der Waals surface area contributed by atoms with E-state index >= 15 is 0 Å². The van der Waals surface area contributed by atoms with Crippen LogP contribution < -0.4 is 9.47 Å². The van der Waals surface area contributed by atoms with Crippen molar-refractivity contribution in [2.24, 2.45) is 0 Å². The van der Waals surface area contributed by atoms with Gasteiger partial charge in [0, 0.05) is 24.4 Å². The molecule has 0 radical (unpaired) electrons. The van der Waals surface area contributed by atoms with Crippen molar-refractivity contribution in [2.75, 3.05) is 20.7 Å². The van der Waals surface area contributed by atoms with E-state index in [1.807, 2.05) is 12.1 Å². The number of esters is 1. The lowest BCUT2D eigenvalue weighted by atomic mass is 9.52. The van der Waals surface area contributed by atoms with Gasteiger partial charge in [-0.1, -0.05) is 64.4 Å². The number of ketones is 1. The molecule has 6 nitrogen and oxygen atoms in total. The minimum absolute atomic E-state index is 0.0379. The lowest BCUT2D eigenvalue weighted by Gasteiger charge is -2.60. The van der Waals surface area contributed by atoms with E-state index < -0.39 is 17.1 Å². The number of Topliss-reactive ketones (excluding diaryl/α,β-unsaturated/α-hetero) is 1. The van der Waals surface area contributed by atoms with Crippen molar-refractivity contribution in [1.82, 2.24) is 4.90 Å². The van der Waals surface area contributed by atoms with Crippen molar-refractivity contribution >= 4 is 11.8 Å². The summed E-state index contributed by atoms with van der Waals surface area (Å²) < 4.78 is 18.7. The van der Waals surface area contributed by atoms with Gasteiger partial charge in [-0.15, -0.1) is 0 Å². The molecule has 206 valence electrons. The number of benzene rings is 1. The SMILES string of the molecule is CCCCCCCCCCCC(=O)OC12CCC(=O)[C@@H]3Oc4c(OC)ccc(C)c4C31CCN(C)C2C. The smallest absolute Gasteiger partial charge is 0.306 e. The first-order valence-corrected chi connectivity index (χ1v) is 14.6. The van der Waals surface area contributed by atoms with Gasteiger partial charge in [0.05, 0.1) is 12.5 Å². The average Bonchev–Trinajstić information content (AvgIpc) is 3.25. The molecule has 3 aliphatic rings. The lowest BCUT2D eigenvalue weighted by molar-refractivity contribution is -0.208. The van der Waals surface area contributed by atoms with E-state index in [4.69, 9.17) is 14.2 Å². The first-order valence-electron chi connectivity index (χ1n) is 14.6. The lowest BCUT2D eigenvalue weighted by Crippen LogP contribution is -2.74. The van der Waals surface area contributed by atoms with Crippen molar-refractivity contribution in [3.8, 4) is 11.5 Å². The molecule has 0 aromatic heterocycles. The largest absolute Gasteiger partial charge is 0.493 e. The summed E-state index contributed by atoms with van der Waals surface area (Å²) >= 11 is 0. The van der Waals surface area contributed by atoms with E-state index in [1.165, 1.54) is 44.9 Å². The third-order valence-electron chi connectivity index (χ3n) is 9.44. The predicted octanol–water partition coefficient (Wildman–Crippen LogP) is 6.29. The highest BCUT2D eigenvalue weighted by molar-refractivity contribution is 5.90. The Labute approximate surface area is 223 Å². The Morgan fingerprint density at radius 2 is 1.76 bits per heavy atom. The average molecular weight is 514 g/mol. The van der Waals surface area contributed by atoms with Gasteiger partial charge in [-0.2, -0.15) is 0 Å². The summed E-state index contributed by atoms with van der Waals surface area (Å²) in [6.45, 7) is 7.26.